The Kier molecular flexibility index (Phi) is 3.93. The third kappa shape index (κ3) is 4.33. The molecule has 0 saturated heterocycles. The molecule has 15 heavy (non-hydrogen) atoms. The second-order valence-corrected chi connectivity index (χ2v) is 3.33. The average Bonchev–Trinajstić information content (AvgIpc) is 2.16. The first-order valence-electron chi connectivity index (χ1n) is 4.26. The van der Waals surface area contributed by atoms with E-state index in [2.05, 4.69) is 10.6 Å². The lowest BCUT2D eigenvalue weighted by atomic mass is 10.2. The maximum atomic E-state index is 7.34. The van der Waals surface area contributed by atoms with Gasteiger partial charge in [0.2, 0.25) is 0 Å². The standard InChI is InChI=1S/C9H12ClN5/c10-7-3-1-6(2-4-7)5-14-9(13)15-8(11)12/h1-4H,5H2,(H6,11,12,13,14,15). The molecule has 1 aromatic carbocycles. The quantitative estimate of drug-likeness (QED) is 0.381. The molecule has 0 aliphatic heterocycles. The van der Waals surface area contributed by atoms with Gasteiger partial charge in [0.05, 0.1) is 0 Å². The largest absolute Gasteiger partial charge is 0.370 e. The Morgan fingerprint density at radius 1 is 1.27 bits per heavy atom. The van der Waals surface area contributed by atoms with Gasteiger partial charge in [0.25, 0.3) is 0 Å². The summed E-state index contributed by atoms with van der Waals surface area (Å²) in [5.41, 5.74) is 6.05. The lowest BCUT2D eigenvalue weighted by Crippen LogP contribution is -2.42. The Hall–Kier alpha value is -1.75. The molecule has 0 bridgehead atoms. The van der Waals surface area contributed by atoms with Crippen LogP contribution in [0, 0.1) is 10.8 Å². The van der Waals surface area contributed by atoms with E-state index in [9.17, 15) is 0 Å². The lowest BCUT2D eigenvalue weighted by Gasteiger charge is -2.08. The zero-order valence-electron chi connectivity index (χ0n) is 7.97. The van der Waals surface area contributed by atoms with Crippen molar-refractivity contribution >= 4 is 23.5 Å². The first-order valence-corrected chi connectivity index (χ1v) is 4.63. The predicted octanol–water partition coefficient (Wildman–Crippen LogP) is 0.847. The normalized spacial score (nSPS) is 9.40. The first-order chi connectivity index (χ1) is 7.08. The molecule has 0 aromatic heterocycles. The Morgan fingerprint density at radius 3 is 2.40 bits per heavy atom. The molecule has 0 unspecified atom stereocenters. The number of hydrogen-bond acceptors (Lipinski definition) is 2. The van der Waals surface area contributed by atoms with Crippen molar-refractivity contribution in [1.29, 1.82) is 10.8 Å². The minimum Gasteiger partial charge on any atom is -0.370 e. The maximum Gasteiger partial charge on any atom is 0.195 e. The van der Waals surface area contributed by atoms with Crippen LogP contribution in [0.3, 0.4) is 0 Å². The van der Waals surface area contributed by atoms with E-state index in [0.717, 1.165) is 5.56 Å². The van der Waals surface area contributed by atoms with Crippen LogP contribution in [0.5, 0.6) is 0 Å². The topological polar surface area (TPSA) is 97.8 Å². The summed E-state index contributed by atoms with van der Waals surface area (Å²) in [6, 6.07) is 7.27. The Morgan fingerprint density at radius 2 is 1.87 bits per heavy atom. The van der Waals surface area contributed by atoms with Gasteiger partial charge in [0, 0.05) is 11.6 Å². The van der Waals surface area contributed by atoms with E-state index in [4.69, 9.17) is 28.2 Å². The number of halogens is 1. The van der Waals surface area contributed by atoms with E-state index < -0.39 is 0 Å². The van der Waals surface area contributed by atoms with Crippen molar-refractivity contribution in [2.45, 2.75) is 6.54 Å². The van der Waals surface area contributed by atoms with Crippen LogP contribution in [0.25, 0.3) is 0 Å². The zero-order valence-corrected chi connectivity index (χ0v) is 8.73. The molecule has 5 nitrogen and oxygen atoms in total. The molecule has 6 heteroatoms. The monoisotopic (exact) mass is 225 g/mol. The molecule has 6 N–H and O–H groups in total. The molecule has 0 saturated carbocycles. The van der Waals surface area contributed by atoms with Gasteiger partial charge >= 0.3 is 0 Å². The molecule has 0 radical (unpaired) electrons. The molecule has 0 spiro atoms. The van der Waals surface area contributed by atoms with Gasteiger partial charge in [0.1, 0.15) is 0 Å². The van der Waals surface area contributed by atoms with Crippen LogP contribution in [-0.4, -0.2) is 11.9 Å². The highest BCUT2D eigenvalue weighted by molar-refractivity contribution is 6.30. The van der Waals surface area contributed by atoms with Crippen molar-refractivity contribution in [3.05, 3.63) is 34.9 Å². The summed E-state index contributed by atoms with van der Waals surface area (Å²) < 4.78 is 0. The number of rotatable bonds is 2. The van der Waals surface area contributed by atoms with Gasteiger partial charge in [-0.1, -0.05) is 23.7 Å². The Bertz CT molecular complexity index is 359. The fourth-order valence-electron chi connectivity index (χ4n) is 0.972. The van der Waals surface area contributed by atoms with Crippen LogP contribution >= 0.6 is 11.6 Å². The van der Waals surface area contributed by atoms with E-state index in [1.807, 2.05) is 12.1 Å². The lowest BCUT2D eigenvalue weighted by molar-refractivity contribution is 0.877. The summed E-state index contributed by atoms with van der Waals surface area (Å²) in [7, 11) is 0. The van der Waals surface area contributed by atoms with Crippen molar-refractivity contribution in [3.63, 3.8) is 0 Å². The molecule has 80 valence electrons. The maximum absolute atomic E-state index is 7.34. The second kappa shape index (κ2) is 5.21. The van der Waals surface area contributed by atoms with Gasteiger partial charge in [-0.05, 0) is 17.7 Å². The van der Waals surface area contributed by atoms with E-state index in [0.29, 0.717) is 11.6 Å². The summed E-state index contributed by atoms with van der Waals surface area (Å²) >= 11 is 5.72. The van der Waals surface area contributed by atoms with Crippen LogP contribution in [-0.2, 0) is 6.54 Å². The molecule has 0 amide bonds. The van der Waals surface area contributed by atoms with Gasteiger partial charge in [-0.3, -0.25) is 16.1 Å². The van der Waals surface area contributed by atoms with E-state index in [1.54, 1.807) is 12.1 Å². The SMILES string of the molecule is N=C(N)NC(=N)NCc1ccc(Cl)cc1. The van der Waals surface area contributed by atoms with Crippen LogP contribution in [0.1, 0.15) is 5.56 Å². The second-order valence-electron chi connectivity index (χ2n) is 2.89. The number of hydrogen-bond donors (Lipinski definition) is 5. The summed E-state index contributed by atoms with van der Waals surface area (Å²) in [4.78, 5) is 0. The highest BCUT2D eigenvalue weighted by atomic mass is 35.5. The molecule has 1 rings (SSSR count). The Balaban J connectivity index is 2.40. The van der Waals surface area contributed by atoms with Gasteiger partial charge < -0.3 is 11.1 Å². The number of benzene rings is 1. The number of guanidine groups is 2. The number of nitrogens with two attached hydrogens (primary N) is 1. The fourth-order valence-corrected chi connectivity index (χ4v) is 1.10. The van der Waals surface area contributed by atoms with Crippen molar-refractivity contribution in [2.75, 3.05) is 0 Å². The minimum atomic E-state index is -0.261. The molecule has 0 aliphatic carbocycles. The molecule has 1 aromatic rings. The van der Waals surface area contributed by atoms with E-state index in [1.165, 1.54) is 0 Å². The Labute approximate surface area is 92.6 Å². The van der Waals surface area contributed by atoms with Crippen molar-refractivity contribution < 1.29 is 0 Å². The summed E-state index contributed by atoms with van der Waals surface area (Å²) in [5.74, 6) is -0.263. The molecular weight excluding hydrogens is 214 g/mol. The van der Waals surface area contributed by atoms with E-state index in [-0.39, 0.29) is 11.9 Å². The highest BCUT2D eigenvalue weighted by Gasteiger charge is 1.97. The highest BCUT2D eigenvalue weighted by Crippen LogP contribution is 2.08. The number of nitrogens with one attached hydrogen (secondary N) is 4. The fraction of sp³-hybridized carbons (Fsp3) is 0.111. The van der Waals surface area contributed by atoms with Gasteiger partial charge in [-0.15, -0.1) is 0 Å². The predicted molar refractivity (Wildman–Crippen MR) is 61.1 cm³/mol. The van der Waals surface area contributed by atoms with Crippen LogP contribution in [0.15, 0.2) is 24.3 Å². The van der Waals surface area contributed by atoms with Crippen molar-refractivity contribution in [1.82, 2.24) is 10.6 Å². The van der Waals surface area contributed by atoms with Gasteiger partial charge in [-0.25, -0.2) is 0 Å². The molecule has 0 fully saturated rings. The molecule has 0 aliphatic rings. The third-order valence-corrected chi connectivity index (χ3v) is 1.89. The molecule has 0 heterocycles. The van der Waals surface area contributed by atoms with Crippen molar-refractivity contribution in [3.8, 4) is 0 Å². The molecular formula is C9H12ClN5. The van der Waals surface area contributed by atoms with Crippen molar-refractivity contribution in [2.24, 2.45) is 5.73 Å². The average molecular weight is 226 g/mol. The third-order valence-electron chi connectivity index (χ3n) is 1.64. The smallest absolute Gasteiger partial charge is 0.195 e. The van der Waals surface area contributed by atoms with Crippen LogP contribution < -0.4 is 16.4 Å². The van der Waals surface area contributed by atoms with E-state index >= 15 is 0 Å². The van der Waals surface area contributed by atoms with Gasteiger partial charge in [0.15, 0.2) is 11.9 Å². The summed E-state index contributed by atoms with van der Waals surface area (Å²) in [6.45, 7) is 0.482. The minimum absolute atomic E-state index is 0.00236. The van der Waals surface area contributed by atoms with Crippen LogP contribution in [0.4, 0.5) is 0 Å². The van der Waals surface area contributed by atoms with Crippen LogP contribution in [0.2, 0.25) is 5.02 Å². The molecule has 0 atom stereocenters. The van der Waals surface area contributed by atoms with Gasteiger partial charge in [-0.2, -0.15) is 0 Å². The zero-order chi connectivity index (χ0) is 11.3. The first kappa shape index (κ1) is 11.3. The summed E-state index contributed by atoms with van der Waals surface area (Å²) in [5, 5.41) is 20.0. The summed E-state index contributed by atoms with van der Waals surface area (Å²) in [6.07, 6.45) is 0.